The first kappa shape index (κ1) is 16.5. The van der Waals surface area contributed by atoms with Crippen LogP contribution < -0.4 is 4.74 Å². The van der Waals surface area contributed by atoms with Crippen molar-refractivity contribution in [2.75, 3.05) is 6.61 Å². The molecule has 0 unspecified atom stereocenters. The van der Waals surface area contributed by atoms with Crippen molar-refractivity contribution in [2.45, 2.75) is 13.8 Å². The van der Waals surface area contributed by atoms with Gasteiger partial charge in [-0.1, -0.05) is 18.2 Å². The Hall–Kier alpha value is -3.39. The van der Waals surface area contributed by atoms with E-state index in [1.807, 2.05) is 44.2 Å². The number of hydrogen-bond donors (Lipinski definition) is 0. The molecule has 0 radical (unpaired) electrons. The zero-order valence-electron chi connectivity index (χ0n) is 13.9. The summed E-state index contributed by atoms with van der Waals surface area (Å²) in [6, 6.07) is 14.8. The van der Waals surface area contributed by atoms with Gasteiger partial charge in [-0.2, -0.15) is 5.26 Å². The molecule has 1 heterocycles. The third kappa shape index (κ3) is 3.75. The number of nitrogens with zero attached hydrogens (tertiary/aromatic N) is 2. The highest BCUT2D eigenvalue weighted by Gasteiger charge is 2.24. The first-order valence-electron chi connectivity index (χ1n) is 7.77. The summed E-state index contributed by atoms with van der Waals surface area (Å²) in [5.74, 6) is 0.369. The maximum absolute atomic E-state index is 12.1. The van der Waals surface area contributed by atoms with Crippen molar-refractivity contribution in [1.82, 2.24) is 0 Å². The van der Waals surface area contributed by atoms with E-state index in [4.69, 9.17) is 14.7 Å². The Balaban J connectivity index is 1.88. The maximum Gasteiger partial charge on any atom is 0.363 e. The number of ether oxygens (including phenoxy) is 2. The number of cyclic esters (lactones) is 1. The van der Waals surface area contributed by atoms with Gasteiger partial charge in [-0.25, -0.2) is 9.79 Å². The van der Waals surface area contributed by atoms with Gasteiger partial charge in [0, 0.05) is 5.56 Å². The summed E-state index contributed by atoms with van der Waals surface area (Å²) in [7, 11) is 0. The predicted octanol–water partition coefficient (Wildman–Crippen LogP) is 3.55. The van der Waals surface area contributed by atoms with Crippen LogP contribution in [0.4, 0.5) is 0 Å². The third-order valence-corrected chi connectivity index (χ3v) is 3.84. The average Bonchev–Trinajstić information content (AvgIpc) is 2.96. The van der Waals surface area contributed by atoms with E-state index in [1.54, 1.807) is 24.3 Å². The molecule has 3 rings (SSSR count). The number of benzene rings is 2. The lowest BCUT2D eigenvalue weighted by Crippen LogP contribution is -2.05. The fourth-order valence-electron chi connectivity index (χ4n) is 2.37. The molecule has 2 aromatic rings. The molecular formula is C20H16N2O3. The highest BCUT2D eigenvalue weighted by Crippen LogP contribution is 2.22. The molecule has 1 aliphatic heterocycles. The molecule has 5 heteroatoms. The monoisotopic (exact) mass is 332 g/mol. The molecule has 0 aliphatic carbocycles. The molecule has 0 N–H and O–H groups in total. The second-order valence-electron chi connectivity index (χ2n) is 5.65. The average molecular weight is 332 g/mol. The van der Waals surface area contributed by atoms with Crippen molar-refractivity contribution in [2.24, 2.45) is 4.99 Å². The highest BCUT2D eigenvalue weighted by atomic mass is 16.6. The van der Waals surface area contributed by atoms with Crippen LogP contribution in [0.2, 0.25) is 0 Å². The third-order valence-electron chi connectivity index (χ3n) is 3.84. The summed E-state index contributed by atoms with van der Waals surface area (Å²) in [5.41, 5.74) is 4.01. The zero-order valence-corrected chi connectivity index (χ0v) is 13.9. The lowest BCUT2D eigenvalue weighted by Gasteiger charge is -2.03. The number of hydrogen-bond acceptors (Lipinski definition) is 5. The van der Waals surface area contributed by atoms with Crippen LogP contribution in [0.5, 0.6) is 5.75 Å². The Morgan fingerprint density at radius 3 is 2.80 bits per heavy atom. The number of carbonyl (C=O) groups excluding carboxylic acids is 1. The van der Waals surface area contributed by atoms with Gasteiger partial charge < -0.3 is 9.47 Å². The van der Waals surface area contributed by atoms with E-state index < -0.39 is 5.97 Å². The van der Waals surface area contributed by atoms with Crippen LogP contribution in [-0.2, 0) is 9.53 Å². The largest absolute Gasteiger partial charge is 0.479 e. The zero-order chi connectivity index (χ0) is 17.8. The summed E-state index contributed by atoms with van der Waals surface area (Å²) in [5, 5.41) is 8.57. The summed E-state index contributed by atoms with van der Waals surface area (Å²) in [6.45, 7) is 3.99. The molecule has 25 heavy (non-hydrogen) atoms. The predicted molar refractivity (Wildman–Crippen MR) is 94.1 cm³/mol. The molecule has 0 aromatic heterocycles. The van der Waals surface area contributed by atoms with Crippen molar-refractivity contribution >= 4 is 17.9 Å². The lowest BCUT2D eigenvalue weighted by molar-refractivity contribution is -0.129. The Morgan fingerprint density at radius 1 is 1.20 bits per heavy atom. The van der Waals surface area contributed by atoms with Crippen LogP contribution in [0.15, 0.2) is 53.2 Å². The van der Waals surface area contributed by atoms with Crippen molar-refractivity contribution in [3.05, 3.63) is 70.4 Å². The smallest absolute Gasteiger partial charge is 0.363 e. The lowest BCUT2D eigenvalue weighted by atomic mass is 10.1. The second-order valence-corrected chi connectivity index (χ2v) is 5.65. The first-order valence-corrected chi connectivity index (χ1v) is 7.77. The van der Waals surface area contributed by atoms with Gasteiger partial charge in [-0.15, -0.1) is 0 Å². The van der Waals surface area contributed by atoms with Crippen LogP contribution in [-0.4, -0.2) is 18.5 Å². The molecule has 2 aromatic carbocycles. The fraction of sp³-hybridized carbons (Fsp3) is 0.150. The van der Waals surface area contributed by atoms with Gasteiger partial charge in [0.05, 0.1) is 0 Å². The van der Waals surface area contributed by atoms with E-state index in [2.05, 4.69) is 4.99 Å². The molecule has 0 spiro atoms. The SMILES string of the molecule is Cc1ccc(C2=N/C(=C/c3cccc(OCC#N)c3)C(=O)O2)cc1C. The van der Waals surface area contributed by atoms with Crippen LogP contribution in [0, 0.1) is 25.2 Å². The molecule has 124 valence electrons. The normalized spacial score (nSPS) is 14.8. The molecule has 5 nitrogen and oxygen atoms in total. The van der Waals surface area contributed by atoms with E-state index in [0.29, 0.717) is 11.6 Å². The molecule has 0 amide bonds. The van der Waals surface area contributed by atoms with Crippen molar-refractivity contribution < 1.29 is 14.3 Å². The number of esters is 1. The van der Waals surface area contributed by atoms with E-state index in [9.17, 15) is 4.79 Å². The van der Waals surface area contributed by atoms with E-state index in [0.717, 1.165) is 16.7 Å². The second kappa shape index (κ2) is 7.02. The summed E-state index contributed by atoms with van der Waals surface area (Å²) in [6.07, 6.45) is 1.63. The quantitative estimate of drug-likeness (QED) is 0.634. The van der Waals surface area contributed by atoms with Crippen molar-refractivity contribution in [1.29, 1.82) is 5.26 Å². The summed E-state index contributed by atoms with van der Waals surface area (Å²) >= 11 is 0. The number of nitriles is 1. The van der Waals surface area contributed by atoms with Gasteiger partial charge in [0.25, 0.3) is 0 Å². The standard InChI is InChI=1S/C20H16N2O3/c1-13-6-7-16(10-14(13)2)19-22-18(20(23)25-19)12-15-4-3-5-17(11-15)24-9-8-21/h3-7,10-12H,9H2,1-2H3/b18-12+. The minimum absolute atomic E-state index is 0.0306. The summed E-state index contributed by atoms with van der Waals surface area (Å²) in [4.78, 5) is 16.4. The fourth-order valence-corrected chi connectivity index (χ4v) is 2.37. The van der Waals surface area contributed by atoms with Crippen LogP contribution in [0.25, 0.3) is 6.08 Å². The van der Waals surface area contributed by atoms with Crippen LogP contribution >= 0.6 is 0 Å². The van der Waals surface area contributed by atoms with Gasteiger partial charge in [0.1, 0.15) is 11.8 Å². The first-order chi connectivity index (χ1) is 12.1. The van der Waals surface area contributed by atoms with Gasteiger partial charge in [-0.05, 0) is 60.9 Å². The van der Waals surface area contributed by atoms with E-state index in [-0.39, 0.29) is 12.3 Å². The molecule has 0 bridgehead atoms. The molecule has 0 fully saturated rings. The number of rotatable bonds is 4. The van der Waals surface area contributed by atoms with Crippen LogP contribution in [0.3, 0.4) is 0 Å². The Bertz CT molecular complexity index is 936. The van der Waals surface area contributed by atoms with Crippen molar-refractivity contribution in [3.8, 4) is 11.8 Å². The Morgan fingerprint density at radius 2 is 2.04 bits per heavy atom. The molecule has 0 saturated carbocycles. The van der Waals surface area contributed by atoms with Crippen molar-refractivity contribution in [3.63, 3.8) is 0 Å². The molecular weight excluding hydrogens is 316 g/mol. The number of aryl methyl sites for hydroxylation is 2. The van der Waals surface area contributed by atoms with Crippen LogP contribution in [0.1, 0.15) is 22.3 Å². The molecule has 0 saturated heterocycles. The molecule has 1 aliphatic rings. The van der Waals surface area contributed by atoms with Gasteiger partial charge >= 0.3 is 5.97 Å². The van der Waals surface area contributed by atoms with Gasteiger partial charge in [0.15, 0.2) is 12.3 Å². The Labute approximate surface area is 145 Å². The number of aliphatic imine (C=N–C) groups is 1. The minimum Gasteiger partial charge on any atom is -0.479 e. The Kier molecular flexibility index (Phi) is 4.62. The van der Waals surface area contributed by atoms with E-state index >= 15 is 0 Å². The molecule has 0 atom stereocenters. The van der Waals surface area contributed by atoms with Gasteiger partial charge in [-0.3, -0.25) is 0 Å². The van der Waals surface area contributed by atoms with E-state index in [1.165, 1.54) is 5.56 Å². The summed E-state index contributed by atoms with van der Waals surface area (Å²) < 4.78 is 10.6. The van der Waals surface area contributed by atoms with Gasteiger partial charge in [0.2, 0.25) is 5.90 Å². The minimum atomic E-state index is -0.489. The highest BCUT2D eigenvalue weighted by molar-refractivity contribution is 6.12. The maximum atomic E-state index is 12.1. The number of carbonyl (C=O) groups is 1. The topological polar surface area (TPSA) is 71.7 Å².